The molecule has 0 aliphatic heterocycles. The van der Waals surface area contributed by atoms with Crippen LogP contribution in [0.25, 0.3) is 0 Å². The first-order chi connectivity index (χ1) is 16.2. The standard InChI is InChI=1S/C26H38O8/c1-16(12-13-17-8-4-6-10-21(17)33-2)19(14-18-9-5-7-11-22(18)34-3)23(29)25(31)26(32)24(30)20(28)15-27/h4-11,16,19-20,23-32H,12-15H2,1-3H3/t16?,19?,20-,23?,24+,25+,26-/m0/s1. The van der Waals surface area contributed by atoms with Gasteiger partial charge in [0, 0.05) is 0 Å². The van der Waals surface area contributed by atoms with Crippen LogP contribution in [-0.4, -0.2) is 82.0 Å². The van der Waals surface area contributed by atoms with Gasteiger partial charge in [-0.1, -0.05) is 43.3 Å². The molecule has 6 N–H and O–H groups in total. The molecule has 2 aromatic rings. The van der Waals surface area contributed by atoms with Crippen LogP contribution in [0.1, 0.15) is 24.5 Å². The fraction of sp³-hybridized carbons (Fsp3) is 0.538. The third-order valence-electron chi connectivity index (χ3n) is 6.51. The van der Waals surface area contributed by atoms with Gasteiger partial charge in [-0.25, -0.2) is 0 Å². The third-order valence-corrected chi connectivity index (χ3v) is 6.51. The summed E-state index contributed by atoms with van der Waals surface area (Å²) in [6.45, 7) is 1.16. The van der Waals surface area contributed by atoms with Crippen molar-refractivity contribution >= 4 is 0 Å². The van der Waals surface area contributed by atoms with E-state index in [-0.39, 0.29) is 5.92 Å². The molecule has 0 bridgehead atoms. The van der Waals surface area contributed by atoms with Gasteiger partial charge in [-0.15, -0.1) is 0 Å². The van der Waals surface area contributed by atoms with Crippen molar-refractivity contribution in [2.75, 3.05) is 20.8 Å². The molecule has 8 nitrogen and oxygen atoms in total. The third kappa shape index (κ3) is 7.15. The van der Waals surface area contributed by atoms with Crippen LogP contribution in [0.2, 0.25) is 0 Å². The van der Waals surface area contributed by atoms with Gasteiger partial charge in [0.2, 0.25) is 0 Å². The number of aliphatic hydroxyl groups is 6. The lowest BCUT2D eigenvalue weighted by atomic mass is 9.77. The van der Waals surface area contributed by atoms with Gasteiger partial charge in [0.15, 0.2) is 0 Å². The Bertz CT molecular complexity index is 860. The predicted molar refractivity (Wildman–Crippen MR) is 128 cm³/mol. The number of hydrogen-bond acceptors (Lipinski definition) is 8. The number of rotatable bonds is 14. The molecule has 0 radical (unpaired) electrons. The molecule has 0 saturated heterocycles. The zero-order valence-electron chi connectivity index (χ0n) is 20.0. The molecule has 0 fully saturated rings. The van der Waals surface area contributed by atoms with E-state index in [4.69, 9.17) is 14.6 Å². The van der Waals surface area contributed by atoms with E-state index < -0.39 is 43.0 Å². The zero-order valence-corrected chi connectivity index (χ0v) is 20.0. The largest absolute Gasteiger partial charge is 0.496 e. The Morgan fingerprint density at radius 3 is 1.76 bits per heavy atom. The second-order valence-corrected chi connectivity index (χ2v) is 8.72. The molecule has 0 aromatic heterocycles. The lowest BCUT2D eigenvalue weighted by Gasteiger charge is -2.35. The summed E-state index contributed by atoms with van der Waals surface area (Å²) < 4.78 is 10.9. The van der Waals surface area contributed by atoms with Crippen molar-refractivity contribution in [1.29, 1.82) is 0 Å². The monoisotopic (exact) mass is 478 g/mol. The fourth-order valence-corrected chi connectivity index (χ4v) is 4.28. The first-order valence-corrected chi connectivity index (χ1v) is 11.5. The summed E-state index contributed by atoms with van der Waals surface area (Å²) in [6, 6.07) is 15.1. The Hall–Kier alpha value is -2.20. The van der Waals surface area contributed by atoms with Crippen molar-refractivity contribution < 1.29 is 40.1 Å². The van der Waals surface area contributed by atoms with E-state index in [0.29, 0.717) is 25.0 Å². The summed E-state index contributed by atoms with van der Waals surface area (Å²) in [5.74, 6) is 0.774. The molecular formula is C26H38O8. The van der Waals surface area contributed by atoms with E-state index in [1.165, 1.54) is 0 Å². The van der Waals surface area contributed by atoms with Gasteiger partial charge in [0.25, 0.3) is 0 Å². The summed E-state index contributed by atoms with van der Waals surface area (Å²) in [7, 11) is 3.17. The highest BCUT2D eigenvalue weighted by atomic mass is 16.5. The van der Waals surface area contributed by atoms with E-state index >= 15 is 0 Å². The second-order valence-electron chi connectivity index (χ2n) is 8.72. The van der Waals surface area contributed by atoms with Gasteiger partial charge in [0.05, 0.1) is 26.9 Å². The SMILES string of the molecule is COc1ccccc1CCC(C)C(Cc1ccccc1OC)C(O)[C@@H](O)[C@@H](O)[C@H](O)[C@@H](O)CO. The Kier molecular flexibility index (Phi) is 11.2. The lowest BCUT2D eigenvalue weighted by molar-refractivity contribution is -0.152. The van der Waals surface area contributed by atoms with Crippen LogP contribution in [0.3, 0.4) is 0 Å². The van der Waals surface area contributed by atoms with E-state index in [2.05, 4.69) is 0 Å². The normalized spacial score (nSPS) is 17.8. The number of benzene rings is 2. The quantitative estimate of drug-likeness (QED) is 0.236. The fourth-order valence-electron chi connectivity index (χ4n) is 4.28. The highest BCUT2D eigenvalue weighted by Gasteiger charge is 2.39. The minimum absolute atomic E-state index is 0.119. The van der Waals surface area contributed by atoms with E-state index in [0.717, 1.165) is 16.9 Å². The van der Waals surface area contributed by atoms with Crippen LogP contribution in [0.5, 0.6) is 11.5 Å². The van der Waals surface area contributed by atoms with E-state index in [9.17, 15) is 25.5 Å². The number of methoxy groups -OCH3 is 2. The Morgan fingerprint density at radius 2 is 1.21 bits per heavy atom. The van der Waals surface area contributed by atoms with Gasteiger partial charge in [-0.3, -0.25) is 0 Å². The maximum Gasteiger partial charge on any atom is 0.122 e. The summed E-state index contributed by atoms with van der Waals surface area (Å²) in [5.41, 5.74) is 1.85. The second kappa shape index (κ2) is 13.6. The molecule has 0 aliphatic rings. The maximum absolute atomic E-state index is 11.1. The number of aliphatic hydroxyl groups excluding tert-OH is 6. The minimum atomic E-state index is -1.85. The lowest BCUT2D eigenvalue weighted by Crippen LogP contribution is -2.52. The Balaban J connectivity index is 2.27. The number of aryl methyl sites for hydroxylation is 1. The Morgan fingerprint density at radius 1 is 0.706 bits per heavy atom. The topological polar surface area (TPSA) is 140 Å². The molecule has 0 spiro atoms. The zero-order chi connectivity index (χ0) is 25.3. The van der Waals surface area contributed by atoms with Crippen LogP contribution in [0.15, 0.2) is 48.5 Å². The maximum atomic E-state index is 11.1. The van der Waals surface area contributed by atoms with E-state index in [1.54, 1.807) is 14.2 Å². The molecule has 7 atom stereocenters. The molecule has 190 valence electrons. The highest BCUT2D eigenvalue weighted by molar-refractivity contribution is 5.34. The summed E-state index contributed by atoms with van der Waals surface area (Å²) >= 11 is 0. The van der Waals surface area contributed by atoms with Gasteiger partial charge >= 0.3 is 0 Å². The van der Waals surface area contributed by atoms with Crippen LogP contribution in [0, 0.1) is 11.8 Å². The number of para-hydroxylation sites is 2. The highest BCUT2D eigenvalue weighted by Crippen LogP contribution is 2.32. The summed E-state index contributed by atoms with van der Waals surface area (Å²) in [6.07, 6.45) is -6.80. The van der Waals surface area contributed by atoms with Gasteiger partial charge in [-0.2, -0.15) is 0 Å². The van der Waals surface area contributed by atoms with Crippen LogP contribution < -0.4 is 9.47 Å². The molecular weight excluding hydrogens is 440 g/mol. The smallest absolute Gasteiger partial charge is 0.122 e. The molecule has 0 heterocycles. The number of ether oxygens (including phenoxy) is 2. The van der Waals surface area contributed by atoms with Crippen molar-refractivity contribution in [1.82, 2.24) is 0 Å². The minimum Gasteiger partial charge on any atom is -0.496 e. The van der Waals surface area contributed by atoms with Crippen molar-refractivity contribution in [3.8, 4) is 11.5 Å². The van der Waals surface area contributed by atoms with Gasteiger partial charge in [-0.05, 0) is 54.4 Å². The molecule has 8 heteroatoms. The first kappa shape index (κ1) is 28.0. The molecule has 0 amide bonds. The molecule has 2 aromatic carbocycles. The average molecular weight is 479 g/mol. The first-order valence-electron chi connectivity index (χ1n) is 11.5. The average Bonchev–Trinajstić information content (AvgIpc) is 2.88. The molecule has 34 heavy (non-hydrogen) atoms. The van der Waals surface area contributed by atoms with Crippen molar-refractivity contribution in [3.63, 3.8) is 0 Å². The molecule has 0 saturated carbocycles. The van der Waals surface area contributed by atoms with Crippen molar-refractivity contribution in [2.45, 2.75) is 56.7 Å². The molecule has 3 unspecified atom stereocenters. The summed E-state index contributed by atoms with van der Waals surface area (Å²) in [4.78, 5) is 0. The molecule has 0 aliphatic carbocycles. The number of hydrogen-bond donors (Lipinski definition) is 6. The summed E-state index contributed by atoms with van der Waals surface area (Å²) in [5, 5.41) is 60.9. The van der Waals surface area contributed by atoms with Crippen LogP contribution in [0.4, 0.5) is 0 Å². The Labute approximate surface area is 201 Å². The van der Waals surface area contributed by atoms with E-state index in [1.807, 2.05) is 55.5 Å². The van der Waals surface area contributed by atoms with Crippen LogP contribution >= 0.6 is 0 Å². The molecule has 2 rings (SSSR count). The van der Waals surface area contributed by atoms with Gasteiger partial charge < -0.3 is 40.1 Å². The van der Waals surface area contributed by atoms with Crippen molar-refractivity contribution in [2.24, 2.45) is 11.8 Å². The van der Waals surface area contributed by atoms with Gasteiger partial charge in [0.1, 0.15) is 35.9 Å². The van der Waals surface area contributed by atoms with Crippen molar-refractivity contribution in [3.05, 3.63) is 59.7 Å². The van der Waals surface area contributed by atoms with Crippen LogP contribution in [-0.2, 0) is 12.8 Å². The predicted octanol–water partition coefficient (Wildman–Crippen LogP) is 0.928.